The molecule has 2 aromatic rings. The third-order valence-electron chi connectivity index (χ3n) is 3.84. The van der Waals surface area contributed by atoms with Crippen LogP contribution in [0.5, 0.6) is 0 Å². The van der Waals surface area contributed by atoms with E-state index in [-0.39, 0.29) is 4.90 Å². The zero-order valence-corrected chi connectivity index (χ0v) is 15.9. The van der Waals surface area contributed by atoms with Crippen LogP contribution in [0.3, 0.4) is 0 Å². The summed E-state index contributed by atoms with van der Waals surface area (Å²) in [7, 11) is -3.87. The number of hydrogen-bond donors (Lipinski definition) is 1. The van der Waals surface area contributed by atoms with Crippen molar-refractivity contribution in [3.63, 3.8) is 0 Å². The number of nitrogen functional groups attached to an aromatic ring is 1. The second-order valence-electron chi connectivity index (χ2n) is 5.87. The van der Waals surface area contributed by atoms with Gasteiger partial charge in [0, 0.05) is 6.92 Å². The van der Waals surface area contributed by atoms with Crippen LogP contribution in [-0.2, 0) is 14.3 Å². The number of rotatable bonds is 4. The van der Waals surface area contributed by atoms with Gasteiger partial charge in [0.05, 0.1) is 9.77 Å². The highest BCUT2D eigenvalue weighted by molar-refractivity contribution is 7.86. The summed E-state index contributed by atoms with van der Waals surface area (Å²) in [5, 5.41) is 0.672. The molecule has 0 radical (unpaired) electrons. The highest BCUT2D eigenvalue weighted by Crippen LogP contribution is 2.29. The maximum atomic E-state index is 12.7. The average molecular weight is 356 g/mol. The lowest BCUT2D eigenvalue weighted by Gasteiger charge is -2.14. The topological polar surface area (TPSA) is 73.3 Å². The maximum Gasteiger partial charge on any atom is 0.298 e. The van der Waals surface area contributed by atoms with Crippen LogP contribution >= 0.6 is 11.3 Å². The van der Waals surface area contributed by atoms with Crippen molar-refractivity contribution in [3.8, 4) is 0 Å². The fraction of sp³-hybridized carbons (Fsp3) is 0.438. The molecule has 0 aliphatic heterocycles. The van der Waals surface area contributed by atoms with Gasteiger partial charge < -0.3 is 0 Å². The van der Waals surface area contributed by atoms with Crippen molar-refractivity contribution in [1.82, 2.24) is 0 Å². The first-order valence-electron chi connectivity index (χ1n) is 7.32. The Labute approximate surface area is 141 Å². The zero-order chi connectivity index (χ0) is 17.5. The van der Waals surface area contributed by atoms with Gasteiger partial charge in [-0.1, -0.05) is 33.7 Å². The normalized spacial score (nSPS) is 13.3. The highest BCUT2D eigenvalue weighted by atomic mass is 32.2. The molecule has 0 bridgehead atoms. The van der Waals surface area contributed by atoms with Crippen molar-refractivity contribution in [1.29, 1.82) is 0 Å². The van der Waals surface area contributed by atoms with Gasteiger partial charge in [0.2, 0.25) is 5.69 Å². The van der Waals surface area contributed by atoms with Crippen LogP contribution in [-0.4, -0.2) is 8.42 Å². The largest absolute Gasteiger partial charge is 0.298 e. The lowest BCUT2D eigenvalue weighted by Crippen LogP contribution is -2.49. The molecule has 0 amide bonds. The van der Waals surface area contributed by atoms with E-state index in [2.05, 4.69) is 0 Å². The summed E-state index contributed by atoms with van der Waals surface area (Å²) >= 11 is 1.44. The number of hydrogen-bond acceptors (Lipinski definition) is 5. The van der Waals surface area contributed by atoms with Gasteiger partial charge in [-0.05, 0) is 45.7 Å². The summed E-state index contributed by atoms with van der Waals surface area (Å²) < 4.78 is 32.3. The minimum atomic E-state index is -3.87. The Morgan fingerprint density at radius 1 is 1.13 bits per heavy atom. The first-order chi connectivity index (χ1) is 10.5. The van der Waals surface area contributed by atoms with E-state index in [0.29, 0.717) is 16.1 Å². The Kier molecular flexibility index (Phi) is 4.84. The minimum Gasteiger partial charge on any atom is -0.251 e. The predicted molar refractivity (Wildman–Crippen MR) is 91.5 cm³/mol. The van der Waals surface area contributed by atoms with Crippen molar-refractivity contribution >= 4 is 21.5 Å². The highest BCUT2D eigenvalue weighted by Gasteiger charge is 2.31. The standard InChI is InChI=1S/C16H23N2O3S2/c1-9-7-10(2)15(11(3)8-9)23(19,20)21-13(5)16-18(17)12(4)14(6)22-16/h7-8,13H,17H2,1-6H3/q+1. The summed E-state index contributed by atoms with van der Waals surface area (Å²) in [5.74, 6) is 5.99. The Morgan fingerprint density at radius 3 is 2.09 bits per heavy atom. The number of nitrogens with two attached hydrogens (primary N) is 1. The van der Waals surface area contributed by atoms with Crippen molar-refractivity contribution < 1.29 is 17.3 Å². The molecule has 1 atom stereocenters. The van der Waals surface area contributed by atoms with Gasteiger partial charge in [0.15, 0.2) is 6.10 Å². The van der Waals surface area contributed by atoms with E-state index in [9.17, 15) is 8.42 Å². The van der Waals surface area contributed by atoms with Crippen molar-refractivity contribution in [2.75, 3.05) is 5.84 Å². The van der Waals surface area contributed by atoms with Crippen LogP contribution in [0.4, 0.5) is 0 Å². The number of thiazole rings is 1. The van der Waals surface area contributed by atoms with E-state index in [1.54, 1.807) is 20.8 Å². The molecule has 126 valence electrons. The molecule has 1 aromatic heterocycles. The SMILES string of the molecule is Cc1cc(C)c(S(=O)(=O)OC(C)c2sc(C)c(C)[n+]2N)c(C)c1. The molecule has 0 fully saturated rings. The molecular weight excluding hydrogens is 332 g/mol. The maximum absolute atomic E-state index is 12.7. The fourth-order valence-electron chi connectivity index (χ4n) is 2.73. The van der Waals surface area contributed by atoms with Crippen LogP contribution in [0.25, 0.3) is 0 Å². The summed E-state index contributed by atoms with van der Waals surface area (Å²) in [6.45, 7) is 11.0. The van der Waals surface area contributed by atoms with E-state index < -0.39 is 16.2 Å². The summed E-state index contributed by atoms with van der Waals surface area (Å²) in [6, 6.07) is 3.69. The molecule has 0 aliphatic rings. The zero-order valence-electron chi connectivity index (χ0n) is 14.3. The molecule has 7 heteroatoms. The monoisotopic (exact) mass is 355 g/mol. The summed E-state index contributed by atoms with van der Waals surface area (Å²) in [4.78, 5) is 1.28. The molecule has 2 N–H and O–H groups in total. The Bertz CT molecular complexity index is 831. The van der Waals surface area contributed by atoms with E-state index in [0.717, 1.165) is 16.1 Å². The molecule has 23 heavy (non-hydrogen) atoms. The smallest absolute Gasteiger partial charge is 0.251 e. The predicted octanol–water partition coefficient (Wildman–Crippen LogP) is 2.76. The number of nitrogens with zero attached hydrogens (tertiary/aromatic N) is 1. The lowest BCUT2D eigenvalue weighted by molar-refractivity contribution is -0.651. The van der Waals surface area contributed by atoms with Gasteiger partial charge in [-0.25, -0.2) is 5.84 Å². The van der Waals surface area contributed by atoms with E-state index in [1.807, 2.05) is 32.9 Å². The van der Waals surface area contributed by atoms with Gasteiger partial charge in [-0.2, -0.15) is 8.42 Å². The van der Waals surface area contributed by atoms with Crippen molar-refractivity contribution in [2.24, 2.45) is 0 Å². The molecule has 0 saturated heterocycles. The molecule has 5 nitrogen and oxygen atoms in total. The second kappa shape index (κ2) is 6.22. The van der Waals surface area contributed by atoms with Gasteiger partial charge in [-0.3, -0.25) is 4.18 Å². The fourth-order valence-corrected chi connectivity index (χ4v) is 5.28. The van der Waals surface area contributed by atoms with Gasteiger partial charge >= 0.3 is 0 Å². The van der Waals surface area contributed by atoms with Crippen LogP contribution in [0.2, 0.25) is 0 Å². The first-order valence-corrected chi connectivity index (χ1v) is 9.55. The van der Waals surface area contributed by atoms with Crippen LogP contribution in [0, 0.1) is 34.6 Å². The molecule has 0 saturated carbocycles. The van der Waals surface area contributed by atoms with Crippen molar-refractivity contribution in [2.45, 2.75) is 52.5 Å². The van der Waals surface area contributed by atoms with E-state index in [4.69, 9.17) is 10.0 Å². The Balaban J connectivity index is 2.40. The second-order valence-corrected chi connectivity index (χ2v) is 8.62. The molecule has 1 heterocycles. The molecule has 1 aromatic carbocycles. The Hall–Kier alpha value is -1.44. The van der Waals surface area contributed by atoms with Crippen molar-refractivity contribution in [3.05, 3.63) is 44.4 Å². The molecular formula is C16H23N2O3S2+. The average Bonchev–Trinajstić information content (AvgIpc) is 2.64. The third-order valence-corrected chi connectivity index (χ3v) is 6.86. The van der Waals surface area contributed by atoms with E-state index in [1.165, 1.54) is 16.0 Å². The molecule has 1 unspecified atom stereocenters. The van der Waals surface area contributed by atoms with Crippen LogP contribution in [0.1, 0.15) is 45.3 Å². The molecule has 2 rings (SSSR count). The third kappa shape index (κ3) is 3.41. The number of benzene rings is 1. The van der Waals surface area contributed by atoms with Crippen LogP contribution in [0.15, 0.2) is 17.0 Å². The molecule has 0 aliphatic carbocycles. The van der Waals surface area contributed by atoms with Gasteiger partial charge in [0.1, 0.15) is 0 Å². The van der Waals surface area contributed by atoms with Crippen LogP contribution < -0.4 is 10.5 Å². The number of aryl methyl sites for hydroxylation is 4. The quantitative estimate of drug-likeness (QED) is 0.520. The first kappa shape index (κ1) is 17.9. The number of aromatic nitrogens is 1. The summed E-state index contributed by atoms with van der Waals surface area (Å²) in [6.07, 6.45) is -0.650. The minimum absolute atomic E-state index is 0.239. The van der Waals surface area contributed by atoms with Gasteiger partial charge in [0.25, 0.3) is 15.1 Å². The Morgan fingerprint density at radius 2 is 1.65 bits per heavy atom. The van der Waals surface area contributed by atoms with Gasteiger partial charge in [-0.15, -0.1) is 0 Å². The van der Waals surface area contributed by atoms with E-state index >= 15 is 0 Å². The summed E-state index contributed by atoms with van der Waals surface area (Å²) in [5.41, 5.74) is 3.31. The molecule has 0 spiro atoms. The lowest BCUT2D eigenvalue weighted by atomic mass is 10.1.